The van der Waals surface area contributed by atoms with Crippen LogP contribution in [0.4, 0.5) is 0 Å². The lowest BCUT2D eigenvalue weighted by Gasteiger charge is -2.30. The van der Waals surface area contributed by atoms with E-state index in [-0.39, 0.29) is 0 Å². The molecule has 0 saturated carbocycles. The van der Waals surface area contributed by atoms with E-state index in [1.54, 1.807) is 0 Å². The lowest BCUT2D eigenvalue weighted by molar-refractivity contribution is 0.293. The number of nitrogens with zero attached hydrogens (tertiary/aromatic N) is 2. The third-order valence-electron chi connectivity index (χ3n) is 6.40. The van der Waals surface area contributed by atoms with E-state index in [4.69, 9.17) is 28.8 Å². The maximum absolute atomic E-state index is 6.34. The Hall–Kier alpha value is -2.33. The van der Waals surface area contributed by atoms with Crippen molar-refractivity contribution < 1.29 is 0 Å². The first-order chi connectivity index (χ1) is 15.2. The summed E-state index contributed by atoms with van der Waals surface area (Å²) < 4.78 is 0. The van der Waals surface area contributed by atoms with E-state index in [0.717, 1.165) is 66.5 Å². The molecular weight excluding hydrogens is 420 g/mol. The van der Waals surface area contributed by atoms with Crippen molar-refractivity contribution in [2.75, 3.05) is 19.6 Å². The van der Waals surface area contributed by atoms with Gasteiger partial charge in [-0.15, -0.1) is 0 Å². The largest absolute Gasteiger partial charge is 0.298 e. The van der Waals surface area contributed by atoms with Gasteiger partial charge in [-0.1, -0.05) is 71.9 Å². The highest BCUT2D eigenvalue weighted by Crippen LogP contribution is 2.38. The molecule has 1 aliphatic carbocycles. The summed E-state index contributed by atoms with van der Waals surface area (Å²) in [4.78, 5) is 8.35. The number of aryl methyl sites for hydroxylation is 2. The summed E-state index contributed by atoms with van der Waals surface area (Å²) >= 11 is 12.1. The molecule has 0 radical (unpaired) electrons. The summed E-state index contributed by atoms with van der Waals surface area (Å²) in [6, 6.07) is 21.0. The van der Waals surface area contributed by atoms with E-state index in [1.807, 2.05) is 18.3 Å². The Morgan fingerprint density at radius 3 is 2.48 bits per heavy atom. The first-order valence-electron chi connectivity index (χ1n) is 10.9. The van der Waals surface area contributed by atoms with Crippen LogP contribution in [0.15, 0.2) is 72.4 Å². The van der Waals surface area contributed by atoms with Gasteiger partial charge in [0.25, 0.3) is 0 Å². The first-order valence-corrected chi connectivity index (χ1v) is 11.7. The number of aromatic nitrogens is 1. The fraction of sp³-hybridized carbons (Fsp3) is 0.259. The highest BCUT2D eigenvalue weighted by Gasteiger charge is 2.25. The Morgan fingerprint density at radius 1 is 0.903 bits per heavy atom. The van der Waals surface area contributed by atoms with Crippen molar-refractivity contribution in [2.24, 2.45) is 0 Å². The number of benzene rings is 2. The highest BCUT2D eigenvalue weighted by molar-refractivity contribution is 7.80. The van der Waals surface area contributed by atoms with Crippen molar-refractivity contribution in [3.63, 3.8) is 0 Å². The zero-order valence-corrected chi connectivity index (χ0v) is 19.1. The molecule has 156 valence electrons. The summed E-state index contributed by atoms with van der Waals surface area (Å²) in [5, 5.41) is 0.811. The molecule has 2 heterocycles. The lowest BCUT2D eigenvalue weighted by atomic mass is 9.88. The van der Waals surface area contributed by atoms with Crippen molar-refractivity contribution in [3.05, 3.63) is 105 Å². The van der Waals surface area contributed by atoms with Crippen LogP contribution >= 0.6 is 23.8 Å². The molecule has 0 spiro atoms. The normalized spacial score (nSPS) is 16.4. The maximum Gasteiger partial charge on any atom is 0.0739 e. The summed E-state index contributed by atoms with van der Waals surface area (Å²) in [5.74, 6) is 0. The van der Waals surface area contributed by atoms with Crippen molar-refractivity contribution >= 4 is 34.3 Å². The van der Waals surface area contributed by atoms with Crippen molar-refractivity contribution in [1.82, 2.24) is 9.88 Å². The van der Waals surface area contributed by atoms with Crippen molar-refractivity contribution in [2.45, 2.75) is 25.7 Å². The van der Waals surface area contributed by atoms with Gasteiger partial charge in [-0.3, -0.25) is 9.88 Å². The average Bonchev–Trinajstić information content (AvgIpc) is 2.97. The minimum absolute atomic E-state index is 0.811. The van der Waals surface area contributed by atoms with Gasteiger partial charge in [0.15, 0.2) is 0 Å². The molecule has 0 bridgehead atoms. The van der Waals surface area contributed by atoms with Crippen LogP contribution in [0.1, 0.15) is 40.8 Å². The van der Waals surface area contributed by atoms with Gasteiger partial charge < -0.3 is 0 Å². The highest BCUT2D eigenvalue weighted by atomic mass is 35.5. The van der Waals surface area contributed by atoms with Crippen molar-refractivity contribution in [3.8, 4) is 0 Å². The number of piperidine rings is 1. The van der Waals surface area contributed by atoms with Crippen LogP contribution in [0.25, 0.3) is 5.57 Å². The van der Waals surface area contributed by atoms with Gasteiger partial charge >= 0.3 is 0 Å². The molecule has 0 N–H and O–H groups in total. The molecule has 1 saturated heterocycles. The van der Waals surface area contributed by atoms with Crippen LogP contribution in [-0.4, -0.2) is 34.4 Å². The third kappa shape index (κ3) is 4.36. The minimum atomic E-state index is 0.811. The number of hydrogen-bond donors (Lipinski definition) is 0. The molecule has 4 heteroatoms. The minimum Gasteiger partial charge on any atom is -0.298 e. The summed E-state index contributed by atoms with van der Waals surface area (Å²) in [5.41, 5.74) is 9.15. The van der Waals surface area contributed by atoms with E-state index < -0.39 is 0 Å². The SMILES string of the molecule is S=C(CN1CCC(=C2c3ccc(Cl)cc3CCc3cccnc32)CC1)c1ccccc1. The predicted octanol–water partition coefficient (Wildman–Crippen LogP) is 6.15. The number of hydrogen-bond acceptors (Lipinski definition) is 3. The van der Waals surface area contributed by atoms with Crippen LogP contribution in [-0.2, 0) is 12.8 Å². The van der Waals surface area contributed by atoms with E-state index in [2.05, 4.69) is 53.4 Å². The van der Waals surface area contributed by atoms with Gasteiger partial charge in [0, 0.05) is 41.3 Å². The zero-order valence-electron chi connectivity index (χ0n) is 17.5. The van der Waals surface area contributed by atoms with E-state index in [9.17, 15) is 0 Å². The predicted molar refractivity (Wildman–Crippen MR) is 133 cm³/mol. The molecule has 0 amide bonds. The number of halogens is 1. The molecule has 2 aliphatic rings. The molecule has 31 heavy (non-hydrogen) atoms. The second-order valence-corrected chi connectivity index (χ2v) is 9.29. The molecule has 1 aliphatic heterocycles. The maximum atomic E-state index is 6.34. The summed E-state index contributed by atoms with van der Waals surface area (Å²) in [6.45, 7) is 2.90. The second kappa shape index (κ2) is 9.04. The third-order valence-corrected chi connectivity index (χ3v) is 7.00. The number of likely N-dealkylation sites (tertiary alicyclic amines) is 1. The fourth-order valence-electron chi connectivity index (χ4n) is 4.78. The fourth-order valence-corrected chi connectivity index (χ4v) is 5.30. The smallest absolute Gasteiger partial charge is 0.0739 e. The van der Waals surface area contributed by atoms with E-state index >= 15 is 0 Å². The Labute approximate surface area is 194 Å². The van der Waals surface area contributed by atoms with Crippen LogP contribution in [0.5, 0.6) is 0 Å². The quantitative estimate of drug-likeness (QED) is 0.356. The Balaban J connectivity index is 1.43. The first kappa shape index (κ1) is 20.6. The van der Waals surface area contributed by atoms with Gasteiger partial charge in [0.1, 0.15) is 0 Å². The van der Waals surface area contributed by atoms with Gasteiger partial charge in [-0.05, 0) is 66.1 Å². The number of thiocarbonyl (C=S) groups is 1. The van der Waals surface area contributed by atoms with Crippen LogP contribution < -0.4 is 0 Å². The van der Waals surface area contributed by atoms with Gasteiger partial charge in [0.2, 0.25) is 0 Å². The van der Waals surface area contributed by atoms with Gasteiger partial charge in [-0.25, -0.2) is 0 Å². The van der Waals surface area contributed by atoms with Crippen LogP contribution in [0, 0.1) is 0 Å². The van der Waals surface area contributed by atoms with Crippen LogP contribution in [0.2, 0.25) is 5.02 Å². The van der Waals surface area contributed by atoms with Crippen LogP contribution in [0.3, 0.4) is 0 Å². The second-order valence-electron chi connectivity index (χ2n) is 8.36. The number of fused-ring (bicyclic) bond motifs is 2. The van der Waals surface area contributed by atoms with E-state index in [0.29, 0.717) is 0 Å². The number of rotatable bonds is 3. The standard InChI is InChI=1S/C27H25ClN2S/c28-23-10-11-24-22(17-23)9-8-21-7-4-14-29-27(21)26(24)20-12-15-30(16-13-20)18-25(31)19-5-2-1-3-6-19/h1-7,10-11,14,17H,8-9,12-13,15-16,18H2. The van der Waals surface area contributed by atoms with E-state index in [1.165, 1.54) is 27.8 Å². The lowest BCUT2D eigenvalue weighted by Crippen LogP contribution is -2.35. The molecular formula is C27H25ClN2S. The van der Waals surface area contributed by atoms with Crippen molar-refractivity contribution in [1.29, 1.82) is 0 Å². The average molecular weight is 445 g/mol. The molecule has 0 atom stereocenters. The molecule has 5 rings (SSSR count). The summed E-state index contributed by atoms with van der Waals surface area (Å²) in [7, 11) is 0. The molecule has 2 aromatic carbocycles. The molecule has 2 nitrogen and oxygen atoms in total. The summed E-state index contributed by atoms with van der Waals surface area (Å²) in [6.07, 6.45) is 6.02. The Kier molecular flexibility index (Phi) is 5.99. The van der Waals surface area contributed by atoms with Gasteiger partial charge in [-0.2, -0.15) is 0 Å². The monoisotopic (exact) mass is 444 g/mol. The van der Waals surface area contributed by atoms with Gasteiger partial charge in [0.05, 0.1) is 5.69 Å². The topological polar surface area (TPSA) is 16.1 Å². The Bertz CT molecular complexity index is 1140. The Morgan fingerprint density at radius 2 is 1.68 bits per heavy atom. The molecule has 1 aromatic heterocycles. The zero-order chi connectivity index (χ0) is 21.2. The molecule has 1 fully saturated rings. The molecule has 0 unspecified atom stereocenters. The molecule has 3 aromatic rings. The number of pyridine rings is 1.